The highest BCUT2D eigenvalue weighted by Gasteiger charge is 2.11. The van der Waals surface area contributed by atoms with E-state index < -0.39 is 5.17 Å². The zero-order valence-electron chi connectivity index (χ0n) is 10.8. The van der Waals surface area contributed by atoms with E-state index in [-0.39, 0.29) is 16.7 Å². The summed E-state index contributed by atoms with van der Waals surface area (Å²) >= 11 is 8.82. The Labute approximate surface area is 122 Å². The minimum Gasteiger partial charge on any atom is -0.502 e. The number of nitrogens with zero attached hydrogens (tertiary/aromatic N) is 1. The van der Waals surface area contributed by atoms with E-state index in [9.17, 15) is 5.11 Å². The van der Waals surface area contributed by atoms with Crippen LogP contribution in [0.3, 0.4) is 0 Å². The molecule has 4 N–H and O–H groups in total. The standard InChI is InChI=1S/C10H13NO3S.CH3NOS/c1-11(2)10(15)14-8-6-4-5-7(13-3)9(8)12;2-1(3)4/h4-6,12H,1-3H3;(H3,2,3,4). The number of para-hydroxylation sites is 1. The molecule has 1 rings (SSSR count). The summed E-state index contributed by atoms with van der Waals surface area (Å²) in [4.78, 5) is 1.63. The second-order valence-corrected chi connectivity index (χ2v) is 4.18. The molecule has 0 radical (unpaired) electrons. The van der Waals surface area contributed by atoms with Gasteiger partial charge in [0, 0.05) is 14.1 Å². The summed E-state index contributed by atoms with van der Waals surface area (Å²) in [5.74, 6) is 0.589. The van der Waals surface area contributed by atoms with Gasteiger partial charge in [0.2, 0.25) is 5.75 Å². The number of thiocarbonyl (C=S) groups is 2. The lowest BCUT2D eigenvalue weighted by atomic mass is 10.3. The molecule has 6 nitrogen and oxygen atoms in total. The number of aliphatic hydroxyl groups excluding tert-OH is 1. The molecule has 1 aromatic rings. The molecule has 19 heavy (non-hydrogen) atoms. The first-order valence-corrected chi connectivity index (χ1v) is 5.84. The van der Waals surface area contributed by atoms with Gasteiger partial charge in [0.15, 0.2) is 11.5 Å². The van der Waals surface area contributed by atoms with Crippen LogP contribution >= 0.6 is 24.4 Å². The Balaban J connectivity index is 0.000000711. The molecule has 0 heterocycles. The molecule has 1 aromatic carbocycles. The van der Waals surface area contributed by atoms with Gasteiger partial charge in [-0.2, -0.15) is 0 Å². The smallest absolute Gasteiger partial charge is 0.264 e. The number of rotatable bonds is 2. The summed E-state index contributed by atoms with van der Waals surface area (Å²) in [6.07, 6.45) is 0. The lowest BCUT2D eigenvalue weighted by molar-refractivity contribution is 0.355. The fourth-order valence-corrected chi connectivity index (χ4v) is 1.02. The van der Waals surface area contributed by atoms with Crippen molar-refractivity contribution in [2.45, 2.75) is 0 Å². The maximum absolute atomic E-state index is 9.69. The average Bonchev–Trinajstić information content (AvgIpc) is 2.31. The average molecular weight is 304 g/mol. The van der Waals surface area contributed by atoms with Crippen molar-refractivity contribution in [3.8, 4) is 17.2 Å². The Morgan fingerprint density at radius 3 is 2.16 bits per heavy atom. The molecule has 0 atom stereocenters. The summed E-state index contributed by atoms with van der Waals surface area (Å²) in [5.41, 5.74) is 4.40. The van der Waals surface area contributed by atoms with Crippen molar-refractivity contribution >= 4 is 34.8 Å². The van der Waals surface area contributed by atoms with Gasteiger partial charge in [-0.15, -0.1) is 0 Å². The van der Waals surface area contributed by atoms with Crippen molar-refractivity contribution < 1.29 is 19.7 Å². The van der Waals surface area contributed by atoms with Crippen LogP contribution in [-0.4, -0.2) is 46.7 Å². The highest BCUT2D eigenvalue weighted by Crippen LogP contribution is 2.35. The zero-order valence-corrected chi connectivity index (χ0v) is 12.4. The maximum atomic E-state index is 9.69. The maximum Gasteiger partial charge on any atom is 0.264 e. The van der Waals surface area contributed by atoms with Gasteiger partial charge in [-0.05, 0) is 36.6 Å². The molecule has 106 valence electrons. The van der Waals surface area contributed by atoms with Crippen molar-refractivity contribution in [2.24, 2.45) is 5.73 Å². The number of phenols is 1. The largest absolute Gasteiger partial charge is 0.502 e. The third-order valence-corrected chi connectivity index (χ3v) is 2.19. The topological polar surface area (TPSA) is 88.2 Å². The predicted octanol–water partition coefficient (Wildman–Crippen LogP) is 1.41. The van der Waals surface area contributed by atoms with Crippen LogP contribution < -0.4 is 15.2 Å². The van der Waals surface area contributed by atoms with Crippen LogP contribution in [0, 0.1) is 0 Å². The van der Waals surface area contributed by atoms with Gasteiger partial charge in [-0.1, -0.05) is 6.07 Å². The van der Waals surface area contributed by atoms with Gasteiger partial charge in [-0.25, -0.2) is 0 Å². The van der Waals surface area contributed by atoms with Crippen molar-refractivity contribution in [3.63, 3.8) is 0 Å². The number of aliphatic hydroxyl groups is 1. The van der Waals surface area contributed by atoms with Crippen molar-refractivity contribution in [3.05, 3.63) is 18.2 Å². The van der Waals surface area contributed by atoms with E-state index in [1.165, 1.54) is 7.11 Å². The summed E-state index contributed by atoms with van der Waals surface area (Å²) in [6.45, 7) is 0. The fourth-order valence-electron chi connectivity index (χ4n) is 0.935. The van der Waals surface area contributed by atoms with Gasteiger partial charge in [-0.3, -0.25) is 0 Å². The minimum atomic E-state index is -0.500. The van der Waals surface area contributed by atoms with Crippen LogP contribution in [0.2, 0.25) is 0 Å². The number of hydrogen-bond donors (Lipinski definition) is 3. The molecule has 0 fully saturated rings. The molecule has 0 unspecified atom stereocenters. The van der Waals surface area contributed by atoms with E-state index in [4.69, 9.17) is 26.8 Å². The summed E-state index contributed by atoms with van der Waals surface area (Å²) in [6, 6.07) is 4.97. The second-order valence-electron chi connectivity index (χ2n) is 3.41. The molecule has 0 aromatic heterocycles. The van der Waals surface area contributed by atoms with E-state index >= 15 is 0 Å². The van der Waals surface area contributed by atoms with E-state index in [1.54, 1.807) is 37.2 Å². The van der Waals surface area contributed by atoms with E-state index in [0.717, 1.165) is 0 Å². The zero-order chi connectivity index (χ0) is 15.0. The molecule has 8 heteroatoms. The monoisotopic (exact) mass is 304 g/mol. The van der Waals surface area contributed by atoms with Crippen LogP contribution in [0.25, 0.3) is 0 Å². The number of methoxy groups -OCH3 is 1. The Morgan fingerprint density at radius 1 is 1.26 bits per heavy atom. The quantitative estimate of drug-likeness (QED) is 0.707. The molecule has 0 bridgehead atoms. The molecule has 0 saturated heterocycles. The normalized spacial score (nSPS) is 8.79. The van der Waals surface area contributed by atoms with Gasteiger partial charge in [0.1, 0.15) is 0 Å². The van der Waals surface area contributed by atoms with Gasteiger partial charge in [0.25, 0.3) is 10.3 Å². The Kier molecular flexibility index (Phi) is 7.54. The highest BCUT2D eigenvalue weighted by atomic mass is 32.1. The van der Waals surface area contributed by atoms with E-state index in [0.29, 0.717) is 5.75 Å². The van der Waals surface area contributed by atoms with Crippen LogP contribution in [0.1, 0.15) is 0 Å². The lowest BCUT2D eigenvalue weighted by Crippen LogP contribution is -2.25. The fraction of sp³-hybridized carbons (Fsp3) is 0.273. The van der Waals surface area contributed by atoms with Gasteiger partial charge >= 0.3 is 0 Å². The first kappa shape index (κ1) is 17.2. The lowest BCUT2D eigenvalue weighted by Gasteiger charge is -2.15. The number of benzene rings is 1. The summed E-state index contributed by atoms with van der Waals surface area (Å²) in [5, 5.41) is 17.0. The number of phenolic OH excluding ortho intramolecular Hbond substituents is 1. The Bertz CT molecular complexity index is 448. The van der Waals surface area contributed by atoms with Crippen LogP contribution in [-0.2, 0) is 0 Å². The van der Waals surface area contributed by atoms with Crippen molar-refractivity contribution in [2.75, 3.05) is 21.2 Å². The summed E-state index contributed by atoms with van der Waals surface area (Å²) in [7, 11) is 5.00. The second kappa shape index (κ2) is 8.33. The number of ether oxygens (including phenoxy) is 2. The van der Waals surface area contributed by atoms with Crippen LogP contribution in [0.5, 0.6) is 17.2 Å². The van der Waals surface area contributed by atoms with Crippen LogP contribution in [0.15, 0.2) is 18.2 Å². The van der Waals surface area contributed by atoms with E-state index in [1.807, 2.05) is 0 Å². The van der Waals surface area contributed by atoms with Crippen molar-refractivity contribution in [1.29, 1.82) is 0 Å². The Morgan fingerprint density at radius 2 is 1.74 bits per heavy atom. The van der Waals surface area contributed by atoms with Gasteiger partial charge in [0.05, 0.1) is 7.11 Å². The number of hydrogen-bond acceptors (Lipinski definition) is 5. The molecular formula is C11H16N2O4S2. The SMILES string of the molecule is COc1cccc(OC(=S)N(C)C)c1O.NC(O)=S. The van der Waals surface area contributed by atoms with Crippen molar-refractivity contribution in [1.82, 2.24) is 4.90 Å². The number of nitrogens with two attached hydrogens (primary N) is 1. The van der Waals surface area contributed by atoms with Gasteiger partial charge < -0.3 is 30.3 Å². The Hall–Kier alpha value is -1.80. The first-order chi connectivity index (χ1) is 8.79. The molecule has 0 aliphatic heterocycles. The molecule has 0 spiro atoms. The first-order valence-electron chi connectivity index (χ1n) is 5.03. The molecule has 0 saturated carbocycles. The molecule has 0 aliphatic rings. The molecule has 0 amide bonds. The molecular weight excluding hydrogens is 288 g/mol. The van der Waals surface area contributed by atoms with Crippen LogP contribution in [0.4, 0.5) is 0 Å². The minimum absolute atomic E-state index is 0.0517. The van der Waals surface area contributed by atoms with E-state index in [2.05, 4.69) is 18.0 Å². The number of aromatic hydroxyl groups is 1. The summed E-state index contributed by atoms with van der Waals surface area (Å²) < 4.78 is 10.2. The predicted molar refractivity (Wildman–Crippen MR) is 81.0 cm³/mol. The third kappa shape index (κ3) is 6.63. The highest BCUT2D eigenvalue weighted by molar-refractivity contribution is 7.80. The third-order valence-electron chi connectivity index (χ3n) is 1.74. The molecule has 0 aliphatic carbocycles.